The zero-order valence-corrected chi connectivity index (χ0v) is 6.96. The van der Waals surface area contributed by atoms with Crippen LogP contribution in [-0.4, -0.2) is 20.1 Å². The molecule has 0 bridgehead atoms. The van der Waals surface area contributed by atoms with Crippen LogP contribution in [0.15, 0.2) is 18.2 Å². The van der Waals surface area contributed by atoms with Crippen molar-refractivity contribution in [2.24, 2.45) is 0 Å². The Morgan fingerprint density at radius 2 is 2.15 bits per heavy atom. The molecule has 0 saturated carbocycles. The molecule has 0 spiro atoms. The zero-order valence-electron chi connectivity index (χ0n) is 6.96. The fourth-order valence-corrected chi connectivity index (χ4v) is 1.12. The van der Waals surface area contributed by atoms with Gasteiger partial charge in [-0.3, -0.25) is 0 Å². The minimum absolute atomic E-state index is 0.0691. The van der Waals surface area contributed by atoms with E-state index >= 15 is 0 Å². The fraction of sp³-hybridized carbons (Fsp3) is 0.333. The molecule has 1 aliphatic rings. The molecule has 0 N–H and O–H groups in total. The second-order valence-corrected chi connectivity index (χ2v) is 2.55. The fourth-order valence-electron chi connectivity index (χ4n) is 1.12. The summed E-state index contributed by atoms with van der Waals surface area (Å²) in [6, 6.07) is 5.16. The molecule has 13 heavy (non-hydrogen) atoms. The highest BCUT2D eigenvalue weighted by atomic mass is 19.1. The highest BCUT2D eigenvalue weighted by Crippen LogP contribution is 2.34. The topological polar surface area (TPSA) is 27.7 Å². The summed E-state index contributed by atoms with van der Waals surface area (Å²) in [7, 11) is 0. The lowest BCUT2D eigenvalue weighted by molar-refractivity contribution is 0.173. The van der Waals surface area contributed by atoms with Crippen molar-refractivity contribution in [3.05, 3.63) is 18.2 Å². The second-order valence-electron chi connectivity index (χ2n) is 2.55. The summed E-state index contributed by atoms with van der Waals surface area (Å²) in [5, 5.41) is 0. The molecule has 0 amide bonds. The summed E-state index contributed by atoms with van der Waals surface area (Å²) >= 11 is 0. The van der Waals surface area contributed by atoms with Gasteiger partial charge in [0.2, 0.25) is 6.79 Å². The second kappa shape index (κ2) is 3.51. The Morgan fingerprint density at radius 1 is 1.31 bits per heavy atom. The van der Waals surface area contributed by atoms with Crippen molar-refractivity contribution in [1.29, 1.82) is 0 Å². The first-order valence-corrected chi connectivity index (χ1v) is 3.98. The van der Waals surface area contributed by atoms with Gasteiger partial charge in [-0.1, -0.05) is 0 Å². The van der Waals surface area contributed by atoms with Gasteiger partial charge in [0.25, 0.3) is 0 Å². The van der Waals surface area contributed by atoms with E-state index in [0.717, 1.165) is 0 Å². The van der Waals surface area contributed by atoms with Gasteiger partial charge >= 0.3 is 0 Å². The molecular formula is C9H9FO3. The SMILES string of the molecule is FCCOc1ccc2c(c1)OCO2. The molecule has 1 aliphatic heterocycles. The van der Waals surface area contributed by atoms with Crippen molar-refractivity contribution in [3.63, 3.8) is 0 Å². The van der Waals surface area contributed by atoms with Gasteiger partial charge in [-0.05, 0) is 12.1 Å². The largest absolute Gasteiger partial charge is 0.491 e. The molecule has 0 radical (unpaired) electrons. The summed E-state index contributed by atoms with van der Waals surface area (Å²) in [6.45, 7) is -0.185. The smallest absolute Gasteiger partial charge is 0.231 e. The predicted molar refractivity (Wildman–Crippen MR) is 44.0 cm³/mol. The minimum Gasteiger partial charge on any atom is -0.491 e. The van der Waals surface area contributed by atoms with Gasteiger partial charge in [0.15, 0.2) is 11.5 Å². The molecule has 0 saturated heterocycles. The van der Waals surface area contributed by atoms with E-state index in [1.54, 1.807) is 18.2 Å². The van der Waals surface area contributed by atoms with Gasteiger partial charge in [-0.15, -0.1) is 0 Å². The Balaban J connectivity index is 2.12. The number of fused-ring (bicyclic) bond motifs is 1. The Morgan fingerprint density at radius 3 is 3.00 bits per heavy atom. The maximum atomic E-state index is 11.8. The molecular weight excluding hydrogens is 175 g/mol. The van der Waals surface area contributed by atoms with E-state index < -0.39 is 6.67 Å². The van der Waals surface area contributed by atoms with Crippen LogP contribution in [0.5, 0.6) is 17.2 Å². The van der Waals surface area contributed by atoms with Crippen LogP contribution in [-0.2, 0) is 0 Å². The van der Waals surface area contributed by atoms with E-state index in [4.69, 9.17) is 14.2 Å². The molecule has 0 unspecified atom stereocenters. The van der Waals surface area contributed by atoms with Crippen LogP contribution in [0.4, 0.5) is 4.39 Å². The third kappa shape index (κ3) is 1.66. The lowest BCUT2D eigenvalue weighted by atomic mass is 10.3. The average molecular weight is 184 g/mol. The predicted octanol–water partition coefficient (Wildman–Crippen LogP) is 1.76. The van der Waals surface area contributed by atoms with Gasteiger partial charge < -0.3 is 14.2 Å². The van der Waals surface area contributed by atoms with E-state index in [1.165, 1.54) is 0 Å². The van der Waals surface area contributed by atoms with Crippen LogP contribution in [0.1, 0.15) is 0 Å². The highest BCUT2D eigenvalue weighted by Gasteiger charge is 2.13. The Hall–Kier alpha value is -1.45. The van der Waals surface area contributed by atoms with Crippen LogP contribution < -0.4 is 14.2 Å². The summed E-state index contributed by atoms with van der Waals surface area (Å²) in [6.07, 6.45) is 0. The number of halogens is 1. The van der Waals surface area contributed by atoms with Crippen molar-refractivity contribution in [2.75, 3.05) is 20.1 Å². The molecule has 4 heteroatoms. The van der Waals surface area contributed by atoms with E-state index in [9.17, 15) is 4.39 Å². The van der Waals surface area contributed by atoms with E-state index in [0.29, 0.717) is 17.2 Å². The highest BCUT2D eigenvalue weighted by molar-refractivity contribution is 5.46. The monoisotopic (exact) mass is 184 g/mol. The summed E-state index contributed by atoms with van der Waals surface area (Å²) < 4.78 is 27.1. The van der Waals surface area contributed by atoms with Crippen LogP contribution in [0, 0.1) is 0 Å². The third-order valence-corrected chi connectivity index (χ3v) is 1.69. The van der Waals surface area contributed by atoms with Gasteiger partial charge in [0.05, 0.1) is 0 Å². The van der Waals surface area contributed by atoms with E-state index in [1.807, 2.05) is 0 Å². The van der Waals surface area contributed by atoms with Crippen molar-refractivity contribution >= 4 is 0 Å². The van der Waals surface area contributed by atoms with E-state index in [-0.39, 0.29) is 13.4 Å². The molecule has 3 nitrogen and oxygen atoms in total. The first-order chi connectivity index (χ1) is 6.40. The summed E-state index contributed by atoms with van der Waals surface area (Å²) in [5.74, 6) is 1.95. The number of hydrogen-bond donors (Lipinski definition) is 0. The zero-order chi connectivity index (χ0) is 9.10. The lowest BCUT2D eigenvalue weighted by Crippen LogP contribution is -1.98. The first kappa shape index (κ1) is 8.16. The number of ether oxygens (including phenoxy) is 3. The molecule has 0 aromatic heterocycles. The van der Waals surface area contributed by atoms with Crippen molar-refractivity contribution in [2.45, 2.75) is 0 Å². The van der Waals surface area contributed by atoms with E-state index in [2.05, 4.69) is 0 Å². The van der Waals surface area contributed by atoms with Crippen LogP contribution >= 0.6 is 0 Å². The average Bonchev–Trinajstić information content (AvgIpc) is 2.61. The molecule has 2 rings (SSSR count). The molecule has 0 atom stereocenters. The quantitative estimate of drug-likeness (QED) is 0.716. The normalized spacial score (nSPS) is 13.0. The maximum absolute atomic E-state index is 11.8. The van der Waals surface area contributed by atoms with Gasteiger partial charge in [-0.25, -0.2) is 4.39 Å². The number of hydrogen-bond acceptors (Lipinski definition) is 3. The molecule has 1 aromatic carbocycles. The van der Waals surface area contributed by atoms with Crippen LogP contribution in [0.3, 0.4) is 0 Å². The van der Waals surface area contributed by atoms with Crippen molar-refractivity contribution in [1.82, 2.24) is 0 Å². The molecule has 1 aromatic rings. The first-order valence-electron chi connectivity index (χ1n) is 3.98. The minimum atomic E-state index is -0.492. The summed E-state index contributed by atoms with van der Waals surface area (Å²) in [4.78, 5) is 0. The van der Waals surface area contributed by atoms with Crippen LogP contribution in [0.25, 0.3) is 0 Å². The van der Waals surface area contributed by atoms with Gasteiger partial charge in [-0.2, -0.15) is 0 Å². The van der Waals surface area contributed by atoms with Gasteiger partial charge in [0.1, 0.15) is 19.0 Å². The number of rotatable bonds is 3. The molecule has 0 fully saturated rings. The molecule has 1 heterocycles. The standard InChI is InChI=1S/C9H9FO3/c10-3-4-11-7-1-2-8-9(5-7)13-6-12-8/h1-2,5H,3-4,6H2. The molecule has 70 valence electrons. The van der Waals surface area contributed by atoms with Gasteiger partial charge in [0, 0.05) is 6.07 Å². The number of alkyl halides is 1. The van der Waals surface area contributed by atoms with Crippen LogP contribution in [0.2, 0.25) is 0 Å². The lowest BCUT2D eigenvalue weighted by Gasteiger charge is -2.03. The van der Waals surface area contributed by atoms with Crippen molar-refractivity contribution < 1.29 is 18.6 Å². The number of benzene rings is 1. The Labute approximate surface area is 75.0 Å². The van der Waals surface area contributed by atoms with Crippen molar-refractivity contribution in [3.8, 4) is 17.2 Å². The summed E-state index contributed by atoms with van der Waals surface area (Å²) in [5.41, 5.74) is 0. The molecule has 0 aliphatic carbocycles. The maximum Gasteiger partial charge on any atom is 0.231 e. The Bertz CT molecular complexity index is 301. The third-order valence-electron chi connectivity index (χ3n) is 1.69. The Kier molecular flexibility index (Phi) is 2.21.